The van der Waals surface area contributed by atoms with Gasteiger partial charge in [-0.1, -0.05) is 0 Å². The summed E-state index contributed by atoms with van der Waals surface area (Å²) in [6.45, 7) is -2.86. The van der Waals surface area contributed by atoms with Crippen LogP contribution in [0.5, 0.6) is 0 Å². The Bertz CT molecular complexity index is 783. The molecule has 1 saturated heterocycles. The molecular formula is C12H4F20O2. The molecule has 2 atom stereocenters. The summed E-state index contributed by atoms with van der Waals surface area (Å²) in [5.74, 6) is -67.4. The fourth-order valence-corrected chi connectivity index (χ4v) is 2.36. The highest BCUT2D eigenvalue weighted by Gasteiger charge is 2.98. The summed E-state index contributed by atoms with van der Waals surface area (Å²) in [6, 6.07) is 0. The SMILES string of the molecule is OC1OCC(F)(F)C1(F)C(F)(F)C(F)(F)C(F)(F)C(F)(F)C(F)(F)C(F)(F)C(F)(F)C(F)(F)F. The molecule has 2 nitrogen and oxygen atoms in total. The van der Waals surface area contributed by atoms with Crippen molar-refractivity contribution in [2.45, 2.75) is 65.5 Å². The number of alkyl halides is 20. The molecule has 22 heteroatoms. The van der Waals surface area contributed by atoms with E-state index < -0.39 is 72.1 Å². The van der Waals surface area contributed by atoms with Gasteiger partial charge in [0, 0.05) is 0 Å². The summed E-state index contributed by atoms with van der Waals surface area (Å²) in [5.41, 5.74) is -6.88. The molecule has 0 spiro atoms. The van der Waals surface area contributed by atoms with E-state index in [1.54, 1.807) is 0 Å². The van der Waals surface area contributed by atoms with Crippen molar-refractivity contribution in [2.75, 3.05) is 6.61 Å². The van der Waals surface area contributed by atoms with Gasteiger partial charge in [-0.15, -0.1) is 0 Å². The lowest BCUT2D eigenvalue weighted by molar-refractivity contribution is -0.470. The van der Waals surface area contributed by atoms with Crippen molar-refractivity contribution in [1.82, 2.24) is 0 Å². The van der Waals surface area contributed by atoms with Gasteiger partial charge in [0.1, 0.15) is 6.61 Å². The lowest BCUT2D eigenvalue weighted by atomic mass is 9.81. The second kappa shape index (κ2) is 7.28. The minimum atomic E-state index is -9.07. The third-order valence-electron chi connectivity index (χ3n) is 4.47. The fraction of sp³-hybridized carbons (Fsp3) is 1.00. The third kappa shape index (κ3) is 3.18. The average Bonchev–Trinajstić information content (AvgIpc) is 2.83. The van der Waals surface area contributed by atoms with Crippen LogP contribution in [0.2, 0.25) is 0 Å². The zero-order valence-corrected chi connectivity index (χ0v) is 14.7. The van der Waals surface area contributed by atoms with E-state index in [1.165, 1.54) is 0 Å². The molecule has 0 saturated carbocycles. The molecule has 1 heterocycles. The molecule has 0 aliphatic carbocycles. The van der Waals surface area contributed by atoms with Crippen LogP contribution in [0.3, 0.4) is 0 Å². The van der Waals surface area contributed by atoms with Crippen molar-refractivity contribution in [2.24, 2.45) is 0 Å². The number of halogens is 20. The van der Waals surface area contributed by atoms with E-state index in [9.17, 15) is 87.8 Å². The Hall–Kier alpha value is -1.48. The van der Waals surface area contributed by atoms with Gasteiger partial charge in [-0.3, -0.25) is 0 Å². The summed E-state index contributed by atoms with van der Waals surface area (Å²) < 4.78 is 266. The molecule has 1 fully saturated rings. The third-order valence-corrected chi connectivity index (χ3v) is 4.47. The number of hydrogen-bond donors (Lipinski definition) is 1. The molecular weight excluding hydrogens is 556 g/mol. The van der Waals surface area contributed by atoms with Crippen LogP contribution in [0.4, 0.5) is 87.8 Å². The van der Waals surface area contributed by atoms with Crippen LogP contribution in [0.25, 0.3) is 0 Å². The van der Waals surface area contributed by atoms with E-state index in [0.717, 1.165) is 0 Å². The van der Waals surface area contributed by atoms with Crippen molar-refractivity contribution < 1.29 is 97.7 Å². The van der Waals surface area contributed by atoms with Crippen LogP contribution >= 0.6 is 0 Å². The monoisotopic (exact) mass is 560 g/mol. The van der Waals surface area contributed by atoms with Crippen molar-refractivity contribution in [3.8, 4) is 0 Å². The van der Waals surface area contributed by atoms with Crippen molar-refractivity contribution in [3.63, 3.8) is 0 Å². The van der Waals surface area contributed by atoms with Crippen LogP contribution in [0.15, 0.2) is 0 Å². The average molecular weight is 560 g/mol. The van der Waals surface area contributed by atoms with Gasteiger partial charge in [-0.05, 0) is 0 Å². The smallest absolute Gasteiger partial charge is 0.365 e. The molecule has 0 bridgehead atoms. The molecule has 0 aromatic carbocycles. The van der Waals surface area contributed by atoms with Crippen LogP contribution in [0, 0.1) is 0 Å². The van der Waals surface area contributed by atoms with Gasteiger partial charge in [0.15, 0.2) is 0 Å². The molecule has 1 N–H and O–H groups in total. The van der Waals surface area contributed by atoms with Gasteiger partial charge in [0.05, 0.1) is 0 Å². The van der Waals surface area contributed by atoms with E-state index in [1.807, 2.05) is 0 Å². The zero-order valence-electron chi connectivity index (χ0n) is 14.7. The summed E-state index contributed by atoms with van der Waals surface area (Å²) >= 11 is 0. The van der Waals surface area contributed by atoms with Gasteiger partial charge in [0.2, 0.25) is 6.29 Å². The standard InChI is InChI=1S/C12H4F20O2/c13-3(14)1-34-2(33)4(3,15)5(16,17)6(18,19)7(20,21)8(22,23)9(24,25)10(26,27)11(28,29)12(30,31)32/h2,33H,1H2. The van der Waals surface area contributed by atoms with E-state index >= 15 is 0 Å². The maximum Gasteiger partial charge on any atom is 0.460 e. The Labute approximate surface area is 171 Å². The first-order chi connectivity index (χ1) is 14.4. The van der Waals surface area contributed by atoms with E-state index in [4.69, 9.17) is 5.11 Å². The molecule has 0 radical (unpaired) electrons. The van der Waals surface area contributed by atoms with Gasteiger partial charge in [0.25, 0.3) is 5.67 Å². The van der Waals surface area contributed by atoms with Crippen LogP contribution in [-0.4, -0.2) is 77.2 Å². The molecule has 34 heavy (non-hydrogen) atoms. The Morgan fingerprint density at radius 2 is 0.824 bits per heavy atom. The van der Waals surface area contributed by atoms with Crippen LogP contribution in [-0.2, 0) is 4.74 Å². The molecule has 2 unspecified atom stereocenters. The summed E-state index contributed by atoms with van der Waals surface area (Å²) in [7, 11) is 0. The molecule has 204 valence electrons. The topological polar surface area (TPSA) is 29.5 Å². The number of rotatable bonds is 7. The summed E-state index contributed by atoms with van der Waals surface area (Å²) in [5, 5.41) is 8.62. The Morgan fingerprint density at radius 1 is 0.529 bits per heavy atom. The summed E-state index contributed by atoms with van der Waals surface area (Å²) in [4.78, 5) is 0. The van der Waals surface area contributed by atoms with E-state index in [0.29, 0.717) is 0 Å². The lowest BCUT2D eigenvalue weighted by Gasteiger charge is -2.45. The minimum Gasteiger partial charge on any atom is -0.365 e. The summed E-state index contributed by atoms with van der Waals surface area (Å²) in [6.07, 6.45) is -12.6. The predicted octanol–water partition coefficient (Wildman–Crippen LogP) is 5.69. The number of aliphatic hydroxyl groups is 1. The van der Waals surface area contributed by atoms with Crippen molar-refractivity contribution in [3.05, 3.63) is 0 Å². The maximum atomic E-state index is 14.0. The number of aliphatic hydroxyl groups excluding tert-OH is 1. The van der Waals surface area contributed by atoms with Gasteiger partial charge in [-0.25, -0.2) is 4.39 Å². The largest absolute Gasteiger partial charge is 0.460 e. The normalized spacial score (nSPS) is 26.2. The highest BCUT2D eigenvalue weighted by Crippen LogP contribution is 2.66. The quantitative estimate of drug-likeness (QED) is 0.406. The molecule has 0 aromatic heterocycles. The number of hydrogen-bond acceptors (Lipinski definition) is 2. The zero-order chi connectivity index (χ0) is 28.0. The van der Waals surface area contributed by atoms with Gasteiger partial charge in [-0.2, -0.15) is 83.4 Å². The molecule has 1 aliphatic rings. The van der Waals surface area contributed by atoms with Crippen molar-refractivity contribution >= 4 is 0 Å². The van der Waals surface area contributed by atoms with Crippen molar-refractivity contribution in [1.29, 1.82) is 0 Å². The van der Waals surface area contributed by atoms with Gasteiger partial charge < -0.3 is 9.84 Å². The fourth-order valence-electron chi connectivity index (χ4n) is 2.36. The Balaban J connectivity index is 3.80. The second-order valence-electron chi connectivity index (χ2n) is 6.60. The van der Waals surface area contributed by atoms with Gasteiger partial charge >= 0.3 is 53.6 Å². The minimum absolute atomic E-state index is 2.86. The highest BCUT2D eigenvalue weighted by molar-refractivity contribution is 5.21. The van der Waals surface area contributed by atoms with E-state index in [-0.39, 0.29) is 0 Å². The van der Waals surface area contributed by atoms with E-state index in [2.05, 4.69) is 4.74 Å². The Kier molecular flexibility index (Phi) is 6.54. The first-order valence-electron chi connectivity index (χ1n) is 7.45. The first-order valence-corrected chi connectivity index (χ1v) is 7.45. The Morgan fingerprint density at radius 3 is 1.09 bits per heavy atom. The lowest BCUT2D eigenvalue weighted by Crippen LogP contribution is -2.78. The van der Waals surface area contributed by atoms with Crippen LogP contribution in [0.1, 0.15) is 0 Å². The first kappa shape index (κ1) is 30.6. The van der Waals surface area contributed by atoms with Crippen LogP contribution < -0.4 is 0 Å². The highest BCUT2D eigenvalue weighted by atomic mass is 19.4. The number of ether oxygens (including phenoxy) is 1. The molecule has 0 aromatic rings. The second-order valence-corrected chi connectivity index (χ2v) is 6.60. The molecule has 1 aliphatic heterocycles. The maximum absolute atomic E-state index is 14.0. The predicted molar refractivity (Wildman–Crippen MR) is 61.4 cm³/mol. The molecule has 1 rings (SSSR count). The molecule has 0 amide bonds.